The largest absolute Gasteiger partial charge is 0.343 e. The van der Waals surface area contributed by atoms with Gasteiger partial charge >= 0.3 is 0 Å². The summed E-state index contributed by atoms with van der Waals surface area (Å²) in [6.07, 6.45) is 5.48. The van der Waals surface area contributed by atoms with E-state index in [4.69, 9.17) is 4.52 Å². The zero-order valence-corrected chi connectivity index (χ0v) is 14.6. The number of carbonyl (C=O) groups is 1. The van der Waals surface area contributed by atoms with Crippen LogP contribution >= 0.6 is 0 Å². The molecule has 0 spiro atoms. The predicted octanol–water partition coefficient (Wildman–Crippen LogP) is 0.993. The van der Waals surface area contributed by atoms with Gasteiger partial charge in [-0.1, -0.05) is 5.16 Å². The Balaban J connectivity index is 1.54. The Labute approximate surface area is 147 Å². The highest BCUT2D eigenvalue weighted by Crippen LogP contribution is 2.17. The van der Waals surface area contributed by atoms with Gasteiger partial charge in [-0.25, -0.2) is 0 Å². The van der Waals surface area contributed by atoms with Gasteiger partial charge in [0.2, 0.25) is 17.6 Å². The van der Waals surface area contributed by atoms with Crippen LogP contribution in [0.1, 0.15) is 31.7 Å². The average molecular weight is 344 g/mol. The Kier molecular flexibility index (Phi) is 5.72. The lowest BCUT2D eigenvalue weighted by molar-refractivity contribution is -0.123. The molecule has 1 saturated heterocycles. The van der Waals surface area contributed by atoms with Gasteiger partial charge in [0.25, 0.3) is 0 Å². The van der Waals surface area contributed by atoms with Crippen LogP contribution in [0.2, 0.25) is 0 Å². The van der Waals surface area contributed by atoms with Crippen molar-refractivity contribution in [3.8, 4) is 11.4 Å². The number of nitrogens with one attached hydrogen (secondary N) is 2. The van der Waals surface area contributed by atoms with Crippen LogP contribution < -0.4 is 10.6 Å². The van der Waals surface area contributed by atoms with E-state index < -0.39 is 0 Å². The maximum Gasteiger partial charge on any atom is 0.249 e. The highest BCUT2D eigenvalue weighted by molar-refractivity contribution is 5.78. The summed E-state index contributed by atoms with van der Waals surface area (Å²) in [7, 11) is 1.99. The molecular weight excluding hydrogens is 320 g/mol. The van der Waals surface area contributed by atoms with Crippen molar-refractivity contribution in [3.63, 3.8) is 0 Å². The third kappa shape index (κ3) is 4.61. The van der Waals surface area contributed by atoms with Crippen molar-refractivity contribution < 1.29 is 9.32 Å². The number of pyridine rings is 1. The van der Waals surface area contributed by atoms with Gasteiger partial charge < -0.3 is 15.2 Å². The first-order chi connectivity index (χ1) is 12.1. The quantitative estimate of drug-likeness (QED) is 0.807. The number of nitrogens with zero attached hydrogens (tertiary/aromatic N) is 4. The Morgan fingerprint density at radius 2 is 2.12 bits per heavy atom. The van der Waals surface area contributed by atoms with E-state index >= 15 is 0 Å². The van der Waals surface area contributed by atoms with Gasteiger partial charge in [-0.15, -0.1) is 0 Å². The van der Waals surface area contributed by atoms with Crippen molar-refractivity contribution in [2.24, 2.45) is 0 Å². The molecule has 2 aromatic heterocycles. The van der Waals surface area contributed by atoms with Gasteiger partial charge in [0.05, 0.1) is 6.54 Å². The van der Waals surface area contributed by atoms with Crippen LogP contribution in [0.3, 0.4) is 0 Å². The molecule has 3 rings (SSSR count). The third-order valence-electron chi connectivity index (χ3n) is 4.45. The van der Waals surface area contributed by atoms with E-state index in [2.05, 4.69) is 30.7 Å². The summed E-state index contributed by atoms with van der Waals surface area (Å²) >= 11 is 0. The summed E-state index contributed by atoms with van der Waals surface area (Å²) < 4.78 is 5.28. The van der Waals surface area contributed by atoms with Gasteiger partial charge in [-0.05, 0) is 52.0 Å². The van der Waals surface area contributed by atoms with Crippen LogP contribution in [0.25, 0.3) is 11.4 Å². The van der Waals surface area contributed by atoms with Crippen molar-refractivity contribution >= 4 is 5.91 Å². The fourth-order valence-electron chi connectivity index (χ4n) is 2.98. The maximum atomic E-state index is 12.3. The number of piperidine rings is 1. The summed E-state index contributed by atoms with van der Waals surface area (Å²) in [6, 6.07) is 3.73. The van der Waals surface area contributed by atoms with Crippen molar-refractivity contribution in [2.45, 2.75) is 31.8 Å². The number of carbonyl (C=O) groups excluding carboxylic acids is 1. The molecule has 0 aliphatic carbocycles. The molecule has 134 valence electrons. The van der Waals surface area contributed by atoms with E-state index in [1.807, 2.05) is 26.1 Å². The van der Waals surface area contributed by atoms with Gasteiger partial charge in [-0.2, -0.15) is 4.98 Å². The number of hydrogen-bond acceptors (Lipinski definition) is 7. The molecule has 8 heteroatoms. The van der Waals surface area contributed by atoms with Gasteiger partial charge in [0.15, 0.2) is 0 Å². The first-order valence-corrected chi connectivity index (χ1v) is 8.58. The zero-order chi connectivity index (χ0) is 17.6. The molecule has 2 aromatic rings. The second kappa shape index (κ2) is 8.17. The van der Waals surface area contributed by atoms with E-state index in [0.717, 1.165) is 31.5 Å². The van der Waals surface area contributed by atoms with Crippen LogP contribution in [0.5, 0.6) is 0 Å². The second-order valence-corrected chi connectivity index (χ2v) is 6.38. The highest BCUT2D eigenvalue weighted by Gasteiger charge is 2.22. The lowest BCUT2D eigenvalue weighted by atomic mass is 10.1. The van der Waals surface area contributed by atoms with Crippen LogP contribution in [-0.2, 0) is 4.79 Å². The molecule has 1 atom stereocenters. The maximum absolute atomic E-state index is 12.3. The minimum Gasteiger partial charge on any atom is -0.343 e. The monoisotopic (exact) mass is 344 g/mol. The minimum absolute atomic E-state index is 0.0443. The molecular formula is C17H24N6O2. The molecule has 1 fully saturated rings. The molecule has 1 aliphatic heterocycles. The van der Waals surface area contributed by atoms with E-state index in [1.54, 1.807) is 12.4 Å². The Hall–Kier alpha value is -2.32. The number of aromatic nitrogens is 3. The first kappa shape index (κ1) is 17.5. The topological polar surface area (TPSA) is 96.2 Å². The van der Waals surface area contributed by atoms with Crippen molar-refractivity contribution in [3.05, 3.63) is 30.4 Å². The highest BCUT2D eigenvalue weighted by atomic mass is 16.5. The fourth-order valence-corrected chi connectivity index (χ4v) is 2.98. The molecule has 25 heavy (non-hydrogen) atoms. The standard InChI is InChI=1S/C17H24N6O2/c1-12(17-21-16(22-25-17)13-3-7-18-8-4-13)20-15(24)11-23(2)14-5-9-19-10-6-14/h3-4,7-8,12,14,19H,5-6,9-11H2,1-2H3,(H,20,24)/t12-/m1/s1. The van der Waals surface area contributed by atoms with Gasteiger partial charge in [-0.3, -0.25) is 14.7 Å². The smallest absolute Gasteiger partial charge is 0.249 e. The normalized spacial score (nSPS) is 16.8. The number of likely N-dealkylation sites (N-methyl/N-ethyl adjacent to an activating group) is 1. The van der Waals surface area contributed by atoms with Crippen molar-refractivity contribution in [1.29, 1.82) is 0 Å². The molecule has 1 amide bonds. The van der Waals surface area contributed by atoms with Crippen LogP contribution in [0.4, 0.5) is 0 Å². The molecule has 0 saturated carbocycles. The van der Waals surface area contributed by atoms with E-state index in [0.29, 0.717) is 24.3 Å². The molecule has 0 aromatic carbocycles. The lowest BCUT2D eigenvalue weighted by Gasteiger charge is -2.31. The summed E-state index contributed by atoms with van der Waals surface area (Å²) in [6.45, 7) is 4.21. The predicted molar refractivity (Wildman–Crippen MR) is 92.6 cm³/mol. The molecule has 8 nitrogen and oxygen atoms in total. The fraction of sp³-hybridized carbons (Fsp3) is 0.529. The SMILES string of the molecule is C[C@@H](NC(=O)CN(C)C1CCNCC1)c1nc(-c2ccncc2)no1. The molecule has 0 unspecified atom stereocenters. The van der Waals surface area contributed by atoms with Gasteiger partial charge in [0.1, 0.15) is 6.04 Å². The Morgan fingerprint density at radius 1 is 1.40 bits per heavy atom. The summed E-state index contributed by atoms with van der Waals surface area (Å²) in [5, 5.41) is 10.2. The third-order valence-corrected chi connectivity index (χ3v) is 4.45. The number of amides is 1. The van der Waals surface area contributed by atoms with Crippen molar-refractivity contribution in [1.82, 2.24) is 30.7 Å². The summed E-state index contributed by atoms with van der Waals surface area (Å²) in [5.41, 5.74) is 0.828. The second-order valence-electron chi connectivity index (χ2n) is 6.38. The number of hydrogen-bond donors (Lipinski definition) is 2. The summed E-state index contributed by atoms with van der Waals surface area (Å²) in [5.74, 6) is 0.840. The molecule has 0 bridgehead atoms. The lowest BCUT2D eigenvalue weighted by Crippen LogP contribution is -2.45. The van der Waals surface area contributed by atoms with Crippen LogP contribution in [0, 0.1) is 0 Å². The van der Waals surface area contributed by atoms with Crippen LogP contribution in [0.15, 0.2) is 29.0 Å². The van der Waals surface area contributed by atoms with E-state index in [-0.39, 0.29) is 11.9 Å². The molecule has 2 N–H and O–H groups in total. The molecule has 3 heterocycles. The van der Waals surface area contributed by atoms with E-state index in [9.17, 15) is 4.79 Å². The number of rotatable bonds is 6. The first-order valence-electron chi connectivity index (χ1n) is 8.58. The van der Waals surface area contributed by atoms with E-state index in [1.165, 1.54) is 0 Å². The molecule has 0 radical (unpaired) electrons. The minimum atomic E-state index is -0.336. The average Bonchev–Trinajstić information content (AvgIpc) is 3.13. The zero-order valence-electron chi connectivity index (χ0n) is 14.6. The Bertz CT molecular complexity index is 683. The van der Waals surface area contributed by atoms with Crippen LogP contribution in [-0.4, -0.2) is 58.7 Å². The summed E-state index contributed by atoms with van der Waals surface area (Å²) in [4.78, 5) is 22.7. The Morgan fingerprint density at radius 3 is 2.84 bits per heavy atom. The molecule has 1 aliphatic rings. The van der Waals surface area contributed by atoms with Gasteiger partial charge in [0, 0.05) is 24.0 Å². The van der Waals surface area contributed by atoms with Crippen molar-refractivity contribution in [2.75, 3.05) is 26.7 Å².